The van der Waals surface area contributed by atoms with E-state index in [2.05, 4.69) is 26.0 Å². The topological polar surface area (TPSA) is 38.7 Å². The van der Waals surface area contributed by atoms with Gasteiger partial charge in [0.1, 0.15) is 6.10 Å². The molecule has 1 atom stereocenters. The molecule has 0 aliphatic carbocycles. The maximum atomic E-state index is 9.99. The number of hydrogen-bond donors (Lipinski definition) is 1. The number of aliphatic hydroxyl groups excluding tert-OH is 1. The van der Waals surface area contributed by atoms with E-state index in [1.165, 1.54) is 5.56 Å². The van der Waals surface area contributed by atoms with Gasteiger partial charge in [0.15, 0.2) is 0 Å². The highest BCUT2D eigenvalue weighted by Gasteiger charge is 2.08. The lowest BCUT2D eigenvalue weighted by Crippen LogP contribution is -2.13. The third kappa shape index (κ3) is 6.19. The predicted octanol–water partition coefficient (Wildman–Crippen LogP) is 3.29. The Balaban J connectivity index is 2.31. The van der Waals surface area contributed by atoms with Crippen LogP contribution in [-0.2, 0) is 9.47 Å². The summed E-state index contributed by atoms with van der Waals surface area (Å²) in [6, 6.07) is 8.05. The second-order valence-corrected chi connectivity index (χ2v) is 5.33. The molecule has 3 nitrogen and oxygen atoms in total. The largest absolute Gasteiger partial charge is 0.386 e. The van der Waals surface area contributed by atoms with Gasteiger partial charge in [0.05, 0.1) is 25.9 Å². The first-order chi connectivity index (χ1) is 9.00. The summed E-state index contributed by atoms with van der Waals surface area (Å²) in [7, 11) is 0. The summed E-state index contributed by atoms with van der Waals surface area (Å²) in [5.74, 6) is 0.510. The van der Waals surface area contributed by atoms with Crippen molar-refractivity contribution in [3.63, 3.8) is 0 Å². The minimum absolute atomic E-state index is 0.220. The van der Waals surface area contributed by atoms with Gasteiger partial charge in [-0.15, -0.1) is 0 Å². The minimum Gasteiger partial charge on any atom is -0.386 e. The highest BCUT2D eigenvalue weighted by atomic mass is 16.5. The fourth-order valence-corrected chi connectivity index (χ4v) is 1.74. The maximum Gasteiger partial charge on any atom is 0.102 e. The molecule has 19 heavy (non-hydrogen) atoms. The number of benzene rings is 1. The van der Waals surface area contributed by atoms with E-state index in [-0.39, 0.29) is 6.10 Å². The van der Waals surface area contributed by atoms with Crippen molar-refractivity contribution in [2.75, 3.05) is 19.8 Å². The molecule has 1 aromatic rings. The standard InChI is InChI=1S/C16H26O3/c1-12(2)14-5-7-15(8-6-14)16(17)11-18-9-10-19-13(3)4/h5-8,12-13,16-17H,9-11H2,1-4H3. The van der Waals surface area contributed by atoms with Crippen LogP contribution in [0.15, 0.2) is 24.3 Å². The molecule has 0 bridgehead atoms. The van der Waals surface area contributed by atoms with Crippen LogP contribution in [0.2, 0.25) is 0 Å². The van der Waals surface area contributed by atoms with Gasteiger partial charge in [-0.05, 0) is 30.9 Å². The van der Waals surface area contributed by atoms with Gasteiger partial charge < -0.3 is 14.6 Å². The number of rotatable bonds is 8. The van der Waals surface area contributed by atoms with E-state index in [1.807, 2.05) is 26.0 Å². The van der Waals surface area contributed by atoms with Crippen LogP contribution in [0.5, 0.6) is 0 Å². The number of aliphatic hydroxyl groups is 1. The Morgan fingerprint density at radius 2 is 1.53 bits per heavy atom. The van der Waals surface area contributed by atoms with E-state index >= 15 is 0 Å². The maximum absolute atomic E-state index is 9.99. The molecular weight excluding hydrogens is 240 g/mol. The first-order valence-electron chi connectivity index (χ1n) is 6.98. The fourth-order valence-electron chi connectivity index (χ4n) is 1.74. The van der Waals surface area contributed by atoms with Gasteiger partial charge in [0.2, 0.25) is 0 Å². The molecule has 0 aliphatic rings. The summed E-state index contributed by atoms with van der Waals surface area (Å²) in [5, 5.41) is 9.99. The van der Waals surface area contributed by atoms with Crippen LogP contribution >= 0.6 is 0 Å². The average Bonchev–Trinajstić information content (AvgIpc) is 2.37. The van der Waals surface area contributed by atoms with Crippen molar-refractivity contribution in [3.05, 3.63) is 35.4 Å². The van der Waals surface area contributed by atoms with Crippen LogP contribution in [0.3, 0.4) is 0 Å². The summed E-state index contributed by atoms with van der Waals surface area (Å²) in [6.45, 7) is 9.68. The second kappa shape index (κ2) is 8.31. The zero-order chi connectivity index (χ0) is 14.3. The van der Waals surface area contributed by atoms with Crippen LogP contribution in [-0.4, -0.2) is 31.0 Å². The smallest absolute Gasteiger partial charge is 0.102 e. The molecule has 1 aromatic carbocycles. The number of ether oxygens (including phenoxy) is 2. The van der Waals surface area contributed by atoms with E-state index in [0.717, 1.165) is 5.56 Å². The van der Waals surface area contributed by atoms with Crippen LogP contribution in [0.4, 0.5) is 0 Å². The van der Waals surface area contributed by atoms with Gasteiger partial charge >= 0.3 is 0 Å². The molecule has 0 amide bonds. The molecule has 0 saturated carbocycles. The molecule has 108 valence electrons. The second-order valence-electron chi connectivity index (χ2n) is 5.33. The summed E-state index contributed by atoms with van der Waals surface area (Å²) in [6.07, 6.45) is -0.350. The van der Waals surface area contributed by atoms with Crippen LogP contribution in [0, 0.1) is 0 Å². The Kier molecular flexibility index (Phi) is 7.06. The average molecular weight is 266 g/mol. The van der Waals surface area contributed by atoms with Crippen molar-refractivity contribution in [3.8, 4) is 0 Å². The fraction of sp³-hybridized carbons (Fsp3) is 0.625. The molecule has 0 fully saturated rings. The molecule has 0 saturated heterocycles. The molecular formula is C16H26O3. The van der Waals surface area contributed by atoms with Gasteiger partial charge in [-0.2, -0.15) is 0 Å². The van der Waals surface area contributed by atoms with Crippen molar-refractivity contribution in [1.29, 1.82) is 0 Å². The molecule has 1 N–H and O–H groups in total. The summed E-state index contributed by atoms with van der Waals surface area (Å²) < 4.78 is 10.8. The Labute approximate surface area is 116 Å². The van der Waals surface area contributed by atoms with Gasteiger partial charge in [-0.25, -0.2) is 0 Å². The van der Waals surface area contributed by atoms with Gasteiger partial charge in [0.25, 0.3) is 0 Å². The van der Waals surface area contributed by atoms with Gasteiger partial charge in [0, 0.05) is 0 Å². The lowest BCUT2D eigenvalue weighted by molar-refractivity contribution is -0.0110. The van der Waals surface area contributed by atoms with E-state index < -0.39 is 6.10 Å². The zero-order valence-electron chi connectivity index (χ0n) is 12.4. The Bertz CT molecular complexity index is 344. The van der Waals surface area contributed by atoms with Gasteiger partial charge in [-0.3, -0.25) is 0 Å². The SMILES string of the molecule is CC(C)OCCOCC(O)c1ccc(C(C)C)cc1. The van der Waals surface area contributed by atoms with Crippen LogP contribution < -0.4 is 0 Å². The zero-order valence-corrected chi connectivity index (χ0v) is 12.4. The summed E-state index contributed by atoms with van der Waals surface area (Å²) in [4.78, 5) is 0. The lowest BCUT2D eigenvalue weighted by atomic mass is 10.0. The molecule has 0 heterocycles. The first-order valence-corrected chi connectivity index (χ1v) is 6.98. The minimum atomic E-state index is -0.569. The highest BCUT2D eigenvalue weighted by molar-refractivity contribution is 5.26. The number of hydrogen-bond acceptors (Lipinski definition) is 3. The van der Waals surface area contributed by atoms with E-state index in [9.17, 15) is 5.11 Å². The first kappa shape index (κ1) is 16.2. The molecule has 1 unspecified atom stereocenters. The summed E-state index contributed by atoms with van der Waals surface area (Å²) >= 11 is 0. The van der Waals surface area contributed by atoms with Gasteiger partial charge in [-0.1, -0.05) is 38.1 Å². The Morgan fingerprint density at radius 1 is 0.947 bits per heavy atom. The lowest BCUT2D eigenvalue weighted by Gasteiger charge is -2.14. The molecule has 0 aliphatic heterocycles. The predicted molar refractivity (Wildman–Crippen MR) is 77.4 cm³/mol. The van der Waals surface area contributed by atoms with E-state index in [0.29, 0.717) is 25.7 Å². The molecule has 0 radical (unpaired) electrons. The molecule has 0 spiro atoms. The van der Waals surface area contributed by atoms with E-state index in [1.54, 1.807) is 0 Å². The normalized spacial score (nSPS) is 13.2. The van der Waals surface area contributed by atoms with Crippen molar-refractivity contribution in [2.24, 2.45) is 0 Å². The molecule has 3 heteroatoms. The van der Waals surface area contributed by atoms with Crippen LogP contribution in [0.25, 0.3) is 0 Å². The quantitative estimate of drug-likeness (QED) is 0.734. The monoisotopic (exact) mass is 266 g/mol. The van der Waals surface area contributed by atoms with Crippen molar-refractivity contribution in [2.45, 2.75) is 45.8 Å². The molecule has 1 rings (SSSR count). The van der Waals surface area contributed by atoms with Crippen molar-refractivity contribution in [1.82, 2.24) is 0 Å². The third-order valence-corrected chi connectivity index (χ3v) is 2.94. The Hall–Kier alpha value is -0.900. The van der Waals surface area contributed by atoms with Crippen LogP contribution in [0.1, 0.15) is 50.8 Å². The highest BCUT2D eigenvalue weighted by Crippen LogP contribution is 2.18. The third-order valence-electron chi connectivity index (χ3n) is 2.94. The molecule has 0 aromatic heterocycles. The van der Waals surface area contributed by atoms with E-state index in [4.69, 9.17) is 9.47 Å². The van der Waals surface area contributed by atoms with Crippen molar-refractivity contribution < 1.29 is 14.6 Å². The van der Waals surface area contributed by atoms with Crippen molar-refractivity contribution >= 4 is 0 Å². The summed E-state index contributed by atoms with van der Waals surface area (Å²) in [5.41, 5.74) is 2.18. The Morgan fingerprint density at radius 3 is 2.05 bits per heavy atom.